The summed E-state index contributed by atoms with van der Waals surface area (Å²) in [7, 11) is 2.83. The number of carbonyl (C=O) groups is 3. The summed E-state index contributed by atoms with van der Waals surface area (Å²) in [4.78, 5) is 45.8. The van der Waals surface area contributed by atoms with Crippen molar-refractivity contribution in [2.24, 2.45) is 0 Å². The third-order valence-electron chi connectivity index (χ3n) is 4.39. The lowest BCUT2D eigenvalue weighted by Crippen LogP contribution is -2.35. The minimum absolute atomic E-state index is 0.0743. The minimum Gasteiger partial charge on any atom is -0.465 e. The normalized spacial score (nSPS) is 10.6. The lowest BCUT2D eigenvalue weighted by atomic mass is 10.1. The van der Waals surface area contributed by atoms with E-state index in [-0.39, 0.29) is 23.7 Å². The number of rotatable bonds is 9. The Hall–Kier alpha value is -3.00. The smallest absolute Gasteiger partial charge is 0.339 e. The number of esters is 1. The number of carbonyl (C=O) groups excluding carboxylic acids is 3. The molecule has 0 fully saturated rings. The minimum atomic E-state index is -0.586. The van der Waals surface area contributed by atoms with E-state index in [9.17, 15) is 14.4 Å². The summed E-state index contributed by atoms with van der Waals surface area (Å²) in [5, 5.41) is 0. The van der Waals surface area contributed by atoms with Crippen molar-refractivity contribution >= 4 is 17.7 Å². The third kappa shape index (κ3) is 5.04. The molecule has 2 rings (SSSR count). The number of ketones is 1. The molecule has 0 aliphatic heterocycles. The van der Waals surface area contributed by atoms with E-state index in [2.05, 4.69) is 9.97 Å². The van der Waals surface area contributed by atoms with E-state index in [1.54, 1.807) is 31.2 Å². The molecule has 0 aromatic carbocycles. The number of hydrogen-bond donors (Lipinski definition) is 1. The van der Waals surface area contributed by atoms with Crippen LogP contribution in [0, 0.1) is 6.92 Å². The molecule has 1 N–H and O–H groups in total. The highest BCUT2D eigenvalue weighted by Crippen LogP contribution is 2.21. The van der Waals surface area contributed by atoms with Crippen LogP contribution in [0.1, 0.15) is 44.7 Å². The Morgan fingerprint density at radius 1 is 1.21 bits per heavy atom. The van der Waals surface area contributed by atoms with Crippen LogP contribution in [0.2, 0.25) is 0 Å². The van der Waals surface area contributed by atoms with Crippen LogP contribution in [0.25, 0.3) is 0 Å². The van der Waals surface area contributed by atoms with Crippen LogP contribution in [-0.2, 0) is 27.2 Å². The fourth-order valence-corrected chi connectivity index (χ4v) is 2.97. The third-order valence-corrected chi connectivity index (χ3v) is 4.39. The zero-order valence-corrected chi connectivity index (χ0v) is 16.6. The SMILES string of the molecule is COCCN(Cc1ccccn1)C(=O)Cc1[nH]c(C(C)=O)c(C)c1C(=O)OC. The number of methoxy groups -OCH3 is 2. The molecule has 150 valence electrons. The Balaban J connectivity index is 2.30. The van der Waals surface area contributed by atoms with E-state index < -0.39 is 5.97 Å². The van der Waals surface area contributed by atoms with Crippen molar-refractivity contribution in [3.63, 3.8) is 0 Å². The monoisotopic (exact) mass is 387 g/mol. The molecule has 0 radical (unpaired) electrons. The first-order valence-electron chi connectivity index (χ1n) is 8.86. The topological polar surface area (TPSA) is 102 Å². The van der Waals surface area contributed by atoms with Crippen molar-refractivity contribution in [3.8, 4) is 0 Å². The zero-order chi connectivity index (χ0) is 20.7. The van der Waals surface area contributed by atoms with Gasteiger partial charge in [-0.2, -0.15) is 0 Å². The summed E-state index contributed by atoms with van der Waals surface area (Å²) in [5.41, 5.74) is 2.12. The number of hydrogen-bond acceptors (Lipinski definition) is 6. The van der Waals surface area contributed by atoms with Crippen LogP contribution < -0.4 is 0 Å². The highest BCUT2D eigenvalue weighted by molar-refractivity contribution is 6.01. The molecule has 0 atom stereocenters. The van der Waals surface area contributed by atoms with Crippen LogP contribution in [0.15, 0.2) is 24.4 Å². The van der Waals surface area contributed by atoms with Crippen LogP contribution in [0.3, 0.4) is 0 Å². The van der Waals surface area contributed by atoms with E-state index in [0.29, 0.717) is 36.6 Å². The predicted octanol–water partition coefficient (Wildman–Crippen LogP) is 1.93. The average Bonchev–Trinajstić information content (AvgIpc) is 3.01. The Morgan fingerprint density at radius 3 is 2.54 bits per heavy atom. The van der Waals surface area contributed by atoms with E-state index in [1.807, 2.05) is 12.1 Å². The van der Waals surface area contributed by atoms with Crippen LogP contribution in [-0.4, -0.2) is 59.9 Å². The van der Waals surface area contributed by atoms with Crippen molar-refractivity contribution in [1.29, 1.82) is 0 Å². The molecule has 0 saturated carbocycles. The maximum atomic E-state index is 13.0. The highest BCUT2D eigenvalue weighted by Gasteiger charge is 2.26. The van der Waals surface area contributed by atoms with Gasteiger partial charge in [-0.1, -0.05) is 6.07 Å². The number of amides is 1. The first-order chi connectivity index (χ1) is 13.4. The van der Waals surface area contributed by atoms with Crippen LogP contribution in [0.5, 0.6) is 0 Å². The lowest BCUT2D eigenvalue weighted by Gasteiger charge is -2.22. The number of nitrogens with zero attached hydrogens (tertiary/aromatic N) is 2. The van der Waals surface area contributed by atoms with Gasteiger partial charge in [-0.15, -0.1) is 0 Å². The van der Waals surface area contributed by atoms with E-state index in [1.165, 1.54) is 14.0 Å². The standard InChI is InChI=1S/C20H25N3O5/c1-13-18(20(26)28-4)16(22-19(13)14(2)24)11-17(25)23(9-10-27-3)12-15-7-5-6-8-21-15/h5-8,22H,9-12H2,1-4H3. The molecule has 2 heterocycles. The quantitative estimate of drug-likeness (QED) is 0.521. The van der Waals surface area contributed by atoms with Gasteiger partial charge in [-0.25, -0.2) is 4.79 Å². The molecule has 2 aromatic rings. The second-order valence-electron chi connectivity index (χ2n) is 6.33. The molecule has 28 heavy (non-hydrogen) atoms. The van der Waals surface area contributed by atoms with Crippen LogP contribution in [0.4, 0.5) is 0 Å². The number of H-pyrrole nitrogens is 1. The van der Waals surface area contributed by atoms with E-state index in [4.69, 9.17) is 9.47 Å². The van der Waals surface area contributed by atoms with Gasteiger partial charge >= 0.3 is 5.97 Å². The van der Waals surface area contributed by atoms with E-state index in [0.717, 1.165) is 5.69 Å². The molecule has 1 amide bonds. The number of aromatic nitrogens is 2. The second kappa shape index (κ2) is 9.80. The average molecular weight is 387 g/mol. The van der Waals surface area contributed by atoms with Gasteiger partial charge in [0, 0.05) is 32.5 Å². The summed E-state index contributed by atoms with van der Waals surface area (Å²) in [6, 6.07) is 5.49. The summed E-state index contributed by atoms with van der Waals surface area (Å²) in [6.45, 7) is 4.11. The molecule has 0 bridgehead atoms. The molecule has 2 aromatic heterocycles. The number of Topliss-reactive ketones (excluding diaryl/α,β-unsaturated/α-hetero) is 1. The lowest BCUT2D eigenvalue weighted by molar-refractivity contribution is -0.131. The largest absolute Gasteiger partial charge is 0.465 e. The van der Waals surface area contributed by atoms with Gasteiger partial charge in [0.15, 0.2) is 5.78 Å². The second-order valence-corrected chi connectivity index (χ2v) is 6.33. The number of aromatic amines is 1. The number of nitrogens with one attached hydrogen (secondary N) is 1. The highest BCUT2D eigenvalue weighted by atomic mass is 16.5. The van der Waals surface area contributed by atoms with Gasteiger partial charge in [0.05, 0.1) is 43.6 Å². The fourth-order valence-electron chi connectivity index (χ4n) is 2.97. The van der Waals surface area contributed by atoms with Gasteiger partial charge < -0.3 is 19.4 Å². The molecule has 0 unspecified atom stereocenters. The molecule has 0 saturated heterocycles. The van der Waals surface area contributed by atoms with Gasteiger partial charge in [0.1, 0.15) is 0 Å². The Morgan fingerprint density at radius 2 is 1.96 bits per heavy atom. The molecular weight excluding hydrogens is 362 g/mol. The van der Waals surface area contributed by atoms with Crippen molar-refractivity contribution in [1.82, 2.24) is 14.9 Å². The Bertz CT molecular complexity index is 845. The van der Waals surface area contributed by atoms with Crippen LogP contribution >= 0.6 is 0 Å². The first kappa shape index (κ1) is 21.3. The molecule has 0 aliphatic carbocycles. The predicted molar refractivity (Wildman–Crippen MR) is 102 cm³/mol. The summed E-state index contributed by atoms with van der Waals surface area (Å²) < 4.78 is 9.93. The molecule has 0 aliphatic rings. The summed E-state index contributed by atoms with van der Waals surface area (Å²) in [5.74, 6) is -1.02. The molecular formula is C20H25N3O5. The maximum absolute atomic E-state index is 13.0. The Kier molecular flexibility index (Phi) is 7.45. The zero-order valence-electron chi connectivity index (χ0n) is 16.6. The van der Waals surface area contributed by atoms with Gasteiger partial charge in [0.25, 0.3) is 0 Å². The van der Waals surface area contributed by atoms with Crippen molar-refractivity contribution in [2.45, 2.75) is 26.8 Å². The Labute approximate surface area is 163 Å². The summed E-state index contributed by atoms with van der Waals surface area (Å²) in [6.07, 6.45) is 1.59. The number of pyridine rings is 1. The maximum Gasteiger partial charge on any atom is 0.339 e. The van der Waals surface area contributed by atoms with E-state index >= 15 is 0 Å². The van der Waals surface area contributed by atoms with Crippen molar-refractivity contribution < 1.29 is 23.9 Å². The van der Waals surface area contributed by atoms with Gasteiger partial charge in [0.2, 0.25) is 5.91 Å². The number of ether oxygens (including phenoxy) is 2. The van der Waals surface area contributed by atoms with Gasteiger partial charge in [-0.05, 0) is 24.6 Å². The van der Waals surface area contributed by atoms with Crippen molar-refractivity contribution in [3.05, 3.63) is 52.6 Å². The fraction of sp³-hybridized carbons (Fsp3) is 0.400. The molecule has 0 spiro atoms. The van der Waals surface area contributed by atoms with Gasteiger partial charge in [-0.3, -0.25) is 14.6 Å². The molecule has 8 heteroatoms. The first-order valence-corrected chi connectivity index (χ1v) is 8.86. The van der Waals surface area contributed by atoms with Crippen molar-refractivity contribution in [2.75, 3.05) is 27.4 Å². The molecule has 8 nitrogen and oxygen atoms in total. The summed E-state index contributed by atoms with van der Waals surface area (Å²) >= 11 is 0.